The largest absolute Gasteiger partial charge is 0.412 e. The highest BCUT2D eigenvalue weighted by Gasteiger charge is 2.30. The first-order valence-corrected chi connectivity index (χ1v) is 3.52. The van der Waals surface area contributed by atoms with Gasteiger partial charge in [0.1, 0.15) is 0 Å². The van der Waals surface area contributed by atoms with Crippen LogP contribution >= 0.6 is 0 Å². The summed E-state index contributed by atoms with van der Waals surface area (Å²) in [6.45, 7) is 4.30. The first-order chi connectivity index (χ1) is 5.88. The number of hydrogen-bond donors (Lipinski definition) is 1. The zero-order chi connectivity index (χ0) is 10.5. The Labute approximate surface area is 74.1 Å². The zero-order valence-electron chi connectivity index (χ0n) is 7.11. The van der Waals surface area contributed by atoms with E-state index < -0.39 is 17.7 Å². The summed E-state index contributed by atoms with van der Waals surface area (Å²) in [5, 5.41) is 2.20. The Kier molecular flexibility index (Phi) is 4.23. The van der Waals surface area contributed by atoms with Crippen molar-refractivity contribution in [2.75, 3.05) is 6.54 Å². The molecular weight excluding hydrogens is 183 g/mol. The minimum absolute atomic E-state index is 0.153. The highest BCUT2D eigenvalue weighted by molar-refractivity contribution is 5.88. The van der Waals surface area contributed by atoms with E-state index in [9.17, 15) is 18.0 Å². The van der Waals surface area contributed by atoms with Crippen molar-refractivity contribution in [1.82, 2.24) is 5.32 Å². The summed E-state index contributed by atoms with van der Waals surface area (Å²) in [4.78, 5) is 10.7. The Bertz CT molecular complexity index is 230. The van der Waals surface area contributed by atoms with E-state index in [1.807, 2.05) is 0 Å². The molecule has 0 unspecified atom stereocenters. The molecule has 1 N–H and O–H groups in total. The van der Waals surface area contributed by atoms with Crippen molar-refractivity contribution in [2.45, 2.75) is 13.1 Å². The van der Waals surface area contributed by atoms with E-state index in [-0.39, 0.29) is 6.54 Å². The molecule has 2 nitrogen and oxygen atoms in total. The number of amides is 1. The van der Waals surface area contributed by atoms with Crippen molar-refractivity contribution in [2.24, 2.45) is 0 Å². The van der Waals surface area contributed by atoms with Gasteiger partial charge in [-0.25, -0.2) is 0 Å². The van der Waals surface area contributed by atoms with Gasteiger partial charge in [-0.1, -0.05) is 6.08 Å². The number of hydrogen-bond acceptors (Lipinski definition) is 1. The smallest absolute Gasteiger partial charge is 0.349 e. The van der Waals surface area contributed by atoms with Crippen LogP contribution in [0.25, 0.3) is 0 Å². The van der Waals surface area contributed by atoms with E-state index in [1.54, 1.807) is 0 Å². The minimum Gasteiger partial charge on any atom is -0.349 e. The fraction of sp³-hybridized carbons (Fsp3) is 0.375. The lowest BCUT2D eigenvalue weighted by molar-refractivity contribution is -0.117. The lowest BCUT2D eigenvalue weighted by Gasteiger charge is -2.05. The molecule has 0 aromatic heterocycles. The van der Waals surface area contributed by atoms with Crippen molar-refractivity contribution in [3.8, 4) is 0 Å². The maximum atomic E-state index is 11.9. The van der Waals surface area contributed by atoms with Crippen molar-refractivity contribution < 1.29 is 18.0 Å². The van der Waals surface area contributed by atoms with Gasteiger partial charge in [-0.3, -0.25) is 4.79 Å². The Balaban J connectivity index is 4.22. The second-order valence-corrected chi connectivity index (χ2v) is 2.36. The molecule has 0 saturated carbocycles. The fourth-order valence-corrected chi connectivity index (χ4v) is 0.502. The number of carbonyl (C=O) groups is 1. The summed E-state index contributed by atoms with van der Waals surface area (Å²) in [7, 11) is 0. The average Bonchev–Trinajstić information content (AvgIpc) is 1.99. The Morgan fingerprint density at radius 3 is 2.46 bits per heavy atom. The Hall–Kier alpha value is -1.26. The summed E-state index contributed by atoms with van der Waals surface area (Å²) in [6, 6.07) is 0. The van der Waals surface area contributed by atoms with Crippen LogP contribution in [0.3, 0.4) is 0 Å². The van der Waals surface area contributed by atoms with Crippen LogP contribution < -0.4 is 5.32 Å². The number of nitrogens with one attached hydrogen (secondary N) is 1. The SMILES string of the molecule is C=CCNC(=O)/C=C(\C)C(F)(F)F. The molecule has 74 valence electrons. The third-order valence-electron chi connectivity index (χ3n) is 1.22. The molecule has 0 radical (unpaired) electrons. The predicted octanol–water partition coefficient (Wildman–Crippen LogP) is 1.80. The first kappa shape index (κ1) is 11.7. The van der Waals surface area contributed by atoms with Gasteiger partial charge >= 0.3 is 6.18 Å². The van der Waals surface area contributed by atoms with Crippen molar-refractivity contribution >= 4 is 5.91 Å². The van der Waals surface area contributed by atoms with Crippen molar-refractivity contribution in [3.63, 3.8) is 0 Å². The third-order valence-corrected chi connectivity index (χ3v) is 1.22. The van der Waals surface area contributed by atoms with Crippen LogP contribution in [0.5, 0.6) is 0 Å². The maximum absolute atomic E-state index is 11.9. The predicted molar refractivity (Wildman–Crippen MR) is 43.0 cm³/mol. The van der Waals surface area contributed by atoms with Crippen LogP contribution in [-0.4, -0.2) is 18.6 Å². The Morgan fingerprint density at radius 1 is 1.54 bits per heavy atom. The molecular formula is C8H10F3NO. The number of halogens is 3. The number of carbonyl (C=O) groups excluding carboxylic acids is 1. The molecule has 0 aliphatic heterocycles. The summed E-state index contributed by atoms with van der Waals surface area (Å²) >= 11 is 0. The van der Waals surface area contributed by atoms with Crippen molar-refractivity contribution in [1.29, 1.82) is 0 Å². The first-order valence-electron chi connectivity index (χ1n) is 3.52. The van der Waals surface area contributed by atoms with Crippen LogP contribution in [0.2, 0.25) is 0 Å². The zero-order valence-corrected chi connectivity index (χ0v) is 7.11. The number of allylic oxidation sites excluding steroid dienone is 1. The van der Waals surface area contributed by atoms with Gasteiger partial charge in [0.15, 0.2) is 0 Å². The second-order valence-electron chi connectivity index (χ2n) is 2.36. The molecule has 0 heterocycles. The van der Waals surface area contributed by atoms with Gasteiger partial charge in [0, 0.05) is 18.2 Å². The highest BCUT2D eigenvalue weighted by Crippen LogP contribution is 2.24. The molecule has 0 spiro atoms. The molecule has 0 rings (SSSR count). The molecule has 0 aromatic carbocycles. The van der Waals surface area contributed by atoms with Crippen LogP contribution in [0.15, 0.2) is 24.3 Å². The van der Waals surface area contributed by atoms with E-state index in [2.05, 4.69) is 11.9 Å². The van der Waals surface area contributed by atoms with E-state index in [0.717, 1.165) is 6.92 Å². The number of alkyl halides is 3. The average molecular weight is 193 g/mol. The second kappa shape index (κ2) is 4.69. The molecule has 0 aromatic rings. The van der Waals surface area contributed by atoms with Gasteiger partial charge in [0.05, 0.1) is 0 Å². The maximum Gasteiger partial charge on any atom is 0.412 e. The van der Waals surface area contributed by atoms with Crippen molar-refractivity contribution in [3.05, 3.63) is 24.3 Å². The number of rotatable bonds is 3. The van der Waals surface area contributed by atoms with Crippen LogP contribution in [0.4, 0.5) is 13.2 Å². The topological polar surface area (TPSA) is 29.1 Å². The van der Waals surface area contributed by atoms with Crippen LogP contribution in [-0.2, 0) is 4.79 Å². The molecule has 5 heteroatoms. The van der Waals surface area contributed by atoms with Gasteiger partial charge in [-0.2, -0.15) is 13.2 Å². The van der Waals surface area contributed by atoms with Gasteiger partial charge in [-0.05, 0) is 6.92 Å². The van der Waals surface area contributed by atoms with E-state index >= 15 is 0 Å². The molecule has 0 fully saturated rings. The van der Waals surface area contributed by atoms with Crippen LogP contribution in [0.1, 0.15) is 6.92 Å². The van der Waals surface area contributed by atoms with E-state index in [4.69, 9.17) is 0 Å². The normalized spacial score (nSPS) is 12.5. The summed E-state index contributed by atoms with van der Waals surface area (Å²) in [5.74, 6) is -0.769. The van der Waals surface area contributed by atoms with Gasteiger partial charge in [0.2, 0.25) is 5.91 Å². The van der Waals surface area contributed by atoms with Gasteiger partial charge in [-0.15, -0.1) is 6.58 Å². The molecule has 0 aliphatic rings. The summed E-state index contributed by atoms with van der Waals surface area (Å²) in [5.41, 5.74) is -0.922. The Morgan fingerprint density at radius 2 is 2.08 bits per heavy atom. The van der Waals surface area contributed by atoms with Crippen LogP contribution in [0, 0.1) is 0 Å². The van der Waals surface area contributed by atoms with Gasteiger partial charge < -0.3 is 5.32 Å². The van der Waals surface area contributed by atoms with Gasteiger partial charge in [0.25, 0.3) is 0 Å². The van der Waals surface area contributed by atoms with E-state index in [0.29, 0.717) is 6.08 Å². The molecule has 0 atom stereocenters. The lowest BCUT2D eigenvalue weighted by Crippen LogP contribution is -2.22. The fourth-order valence-electron chi connectivity index (χ4n) is 0.502. The quantitative estimate of drug-likeness (QED) is 0.537. The molecule has 0 saturated heterocycles. The highest BCUT2D eigenvalue weighted by atomic mass is 19.4. The monoisotopic (exact) mass is 193 g/mol. The molecule has 1 amide bonds. The van der Waals surface area contributed by atoms with E-state index in [1.165, 1.54) is 6.08 Å². The third kappa shape index (κ3) is 5.05. The standard InChI is InChI=1S/C8H10F3NO/c1-3-4-12-7(13)5-6(2)8(9,10)11/h3,5H,1,4H2,2H3,(H,12,13)/b6-5+. The summed E-state index contributed by atoms with van der Waals surface area (Å²) < 4.78 is 35.6. The lowest BCUT2D eigenvalue weighted by atomic mass is 10.2. The minimum atomic E-state index is -4.44. The molecule has 13 heavy (non-hydrogen) atoms. The molecule has 0 bridgehead atoms. The molecule has 0 aliphatic carbocycles. The summed E-state index contributed by atoms with van der Waals surface area (Å²) in [6.07, 6.45) is -2.54.